The van der Waals surface area contributed by atoms with Crippen LogP contribution in [0.5, 0.6) is 0 Å². The predicted octanol–water partition coefficient (Wildman–Crippen LogP) is 4.32. The number of benzene rings is 1. The van der Waals surface area contributed by atoms with Gasteiger partial charge in [0.25, 0.3) is 0 Å². The number of hydrogen-bond acceptors (Lipinski definition) is 3. The third-order valence-electron chi connectivity index (χ3n) is 4.27. The van der Waals surface area contributed by atoms with Crippen LogP contribution in [0.3, 0.4) is 0 Å². The molecule has 7 heteroatoms. The maximum atomic E-state index is 14.5. The van der Waals surface area contributed by atoms with Crippen LogP contribution in [0.1, 0.15) is 31.6 Å². The second kappa shape index (κ2) is 5.23. The second-order valence-corrected chi connectivity index (χ2v) is 6.14. The molecule has 0 amide bonds. The van der Waals surface area contributed by atoms with Gasteiger partial charge in [0, 0.05) is 18.0 Å². The van der Waals surface area contributed by atoms with Gasteiger partial charge in [-0.15, -0.1) is 0 Å². The molecule has 3 aromatic rings. The summed E-state index contributed by atoms with van der Waals surface area (Å²) in [6.45, 7) is 2.08. The van der Waals surface area contributed by atoms with Crippen LogP contribution in [0.2, 0.25) is 5.28 Å². The smallest absolute Gasteiger partial charge is 0.223 e. The summed E-state index contributed by atoms with van der Waals surface area (Å²) < 4.78 is 30.5. The normalized spacial score (nSPS) is 17.5. The minimum atomic E-state index is -0.639. The van der Waals surface area contributed by atoms with Gasteiger partial charge in [0.05, 0.1) is 11.7 Å². The lowest BCUT2D eigenvalue weighted by Crippen LogP contribution is -2.14. The Kier molecular flexibility index (Phi) is 3.30. The van der Waals surface area contributed by atoms with Gasteiger partial charge in [0.1, 0.15) is 17.0 Å². The Hall–Kier alpha value is -2.08. The first-order valence-corrected chi connectivity index (χ1v) is 7.81. The molecule has 1 aliphatic heterocycles. The number of aryl methyl sites for hydroxylation is 1. The first-order chi connectivity index (χ1) is 11.0. The van der Waals surface area contributed by atoms with Crippen molar-refractivity contribution < 1.29 is 8.78 Å². The lowest BCUT2D eigenvalue weighted by Gasteiger charge is -2.22. The fourth-order valence-electron chi connectivity index (χ4n) is 3.24. The zero-order valence-corrected chi connectivity index (χ0v) is 13.1. The number of hydrogen-bond donors (Lipinski definition) is 0. The van der Waals surface area contributed by atoms with Gasteiger partial charge in [-0.1, -0.05) is 0 Å². The van der Waals surface area contributed by atoms with Crippen molar-refractivity contribution in [1.82, 2.24) is 19.5 Å². The molecule has 3 heterocycles. The largest absolute Gasteiger partial charge is 0.325 e. The minimum absolute atomic E-state index is 0.00943. The first-order valence-electron chi connectivity index (χ1n) is 7.43. The Labute approximate surface area is 136 Å². The predicted molar refractivity (Wildman–Crippen MR) is 83.3 cm³/mol. The van der Waals surface area contributed by atoms with Gasteiger partial charge in [-0.2, -0.15) is 0 Å². The van der Waals surface area contributed by atoms with E-state index in [1.165, 1.54) is 6.07 Å². The van der Waals surface area contributed by atoms with E-state index < -0.39 is 11.6 Å². The highest BCUT2D eigenvalue weighted by atomic mass is 35.5. The lowest BCUT2D eigenvalue weighted by molar-refractivity contribution is 0.436. The van der Waals surface area contributed by atoms with Gasteiger partial charge in [-0.3, -0.25) is 0 Å². The number of aromatic nitrogens is 4. The molecule has 0 fully saturated rings. The van der Waals surface area contributed by atoms with E-state index in [9.17, 15) is 8.78 Å². The van der Waals surface area contributed by atoms with Crippen LogP contribution in [-0.4, -0.2) is 19.5 Å². The number of imidazole rings is 1. The van der Waals surface area contributed by atoms with Crippen LogP contribution in [-0.2, 0) is 6.42 Å². The van der Waals surface area contributed by atoms with E-state index in [0.717, 1.165) is 31.3 Å². The van der Waals surface area contributed by atoms with Crippen LogP contribution in [0.4, 0.5) is 8.78 Å². The van der Waals surface area contributed by atoms with Gasteiger partial charge in [-0.25, -0.2) is 23.7 Å². The van der Waals surface area contributed by atoms with Crippen LogP contribution in [0.25, 0.3) is 22.3 Å². The summed E-state index contributed by atoms with van der Waals surface area (Å²) in [6, 6.07) is 3.20. The Morgan fingerprint density at radius 1 is 1.22 bits per heavy atom. The number of rotatable bonds is 1. The quantitative estimate of drug-likeness (QED) is 0.622. The maximum Gasteiger partial charge on any atom is 0.223 e. The van der Waals surface area contributed by atoms with E-state index >= 15 is 0 Å². The molecule has 0 radical (unpaired) electrons. The van der Waals surface area contributed by atoms with E-state index in [0.29, 0.717) is 16.6 Å². The molecule has 1 aliphatic rings. The fourth-order valence-corrected chi connectivity index (χ4v) is 3.37. The minimum Gasteiger partial charge on any atom is -0.325 e. The number of halogens is 3. The van der Waals surface area contributed by atoms with E-state index in [1.54, 1.807) is 6.07 Å². The molecular weight excluding hydrogens is 322 g/mol. The summed E-state index contributed by atoms with van der Waals surface area (Å²) in [4.78, 5) is 11.9. The summed E-state index contributed by atoms with van der Waals surface area (Å²) in [5.41, 5.74) is 1.30. The van der Waals surface area contributed by atoms with Crippen LogP contribution < -0.4 is 0 Å². The highest BCUT2D eigenvalue weighted by molar-refractivity contribution is 6.28. The highest BCUT2D eigenvalue weighted by Crippen LogP contribution is 2.33. The lowest BCUT2D eigenvalue weighted by atomic mass is 10.1. The third kappa shape index (κ3) is 2.28. The molecule has 0 saturated carbocycles. The third-order valence-corrected chi connectivity index (χ3v) is 4.46. The summed E-state index contributed by atoms with van der Waals surface area (Å²) in [7, 11) is 0. The Balaban J connectivity index is 1.99. The van der Waals surface area contributed by atoms with Crippen molar-refractivity contribution >= 4 is 22.6 Å². The van der Waals surface area contributed by atoms with E-state index in [1.807, 2.05) is 4.57 Å². The molecule has 2 aromatic heterocycles. The summed E-state index contributed by atoms with van der Waals surface area (Å²) in [6.07, 6.45) is 3.86. The molecule has 0 aliphatic carbocycles. The Bertz CT molecular complexity index is 922. The van der Waals surface area contributed by atoms with Crippen molar-refractivity contribution in [2.45, 2.75) is 32.2 Å². The Morgan fingerprint density at radius 3 is 2.87 bits per heavy atom. The maximum absolute atomic E-state index is 14.5. The highest BCUT2D eigenvalue weighted by Gasteiger charge is 2.23. The van der Waals surface area contributed by atoms with Crippen molar-refractivity contribution in [2.24, 2.45) is 0 Å². The van der Waals surface area contributed by atoms with Crippen molar-refractivity contribution in [3.8, 4) is 11.3 Å². The molecule has 4 rings (SSSR count). The van der Waals surface area contributed by atoms with E-state index in [2.05, 4.69) is 21.9 Å². The van der Waals surface area contributed by atoms with Crippen molar-refractivity contribution in [3.05, 3.63) is 41.1 Å². The van der Waals surface area contributed by atoms with Crippen LogP contribution in [0.15, 0.2) is 18.3 Å². The zero-order chi connectivity index (χ0) is 16.1. The molecule has 0 spiro atoms. The van der Waals surface area contributed by atoms with E-state index in [-0.39, 0.29) is 17.0 Å². The summed E-state index contributed by atoms with van der Waals surface area (Å²) in [5, 5.41) is -0.0782. The average Bonchev–Trinajstić information content (AvgIpc) is 2.90. The van der Waals surface area contributed by atoms with Crippen molar-refractivity contribution in [3.63, 3.8) is 0 Å². The van der Waals surface area contributed by atoms with Crippen molar-refractivity contribution in [1.29, 1.82) is 0 Å². The van der Waals surface area contributed by atoms with E-state index in [4.69, 9.17) is 11.6 Å². The first kappa shape index (κ1) is 14.5. The molecule has 1 atom stereocenters. The molecule has 0 saturated heterocycles. The zero-order valence-electron chi connectivity index (χ0n) is 12.4. The van der Waals surface area contributed by atoms with Crippen molar-refractivity contribution in [2.75, 3.05) is 0 Å². The van der Waals surface area contributed by atoms with Gasteiger partial charge in [0.15, 0.2) is 11.6 Å². The summed E-state index contributed by atoms with van der Waals surface area (Å²) >= 11 is 5.74. The van der Waals surface area contributed by atoms with Crippen LogP contribution in [0, 0.1) is 11.6 Å². The molecule has 4 nitrogen and oxygen atoms in total. The Morgan fingerprint density at radius 2 is 2.04 bits per heavy atom. The molecule has 0 bridgehead atoms. The molecule has 118 valence electrons. The SMILES string of the molecule is CC1CCCc2nc3c(F)cc(-c4nc(Cl)ncc4F)cc3n21. The summed E-state index contributed by atoms with van der Waals surface area (Å²) in [5.74, 6) is -0.253. The topological polar surface area (TPSA) is 43.6 Å². The number of nitrogens with zero attached hydrogens (tertiary/aromatic N) is 4. The molecule has 0 N–H and O–H groups in total. The average molecular weight is 335 g/mol. The van der Waals surface area contributed by atoms with Gasteiger partial charge in [-0.05, 0) is 43.5 Å². The fraction of sp³-hybridized carbons (Fsp3) is 0.312. The van der Waals surface area contributed by atoms with Gasteiger partial charge < -0.3 is 4.57 Å². The van der Waals surface area contributed by atoms with Gasteiger partial charge in [0.2, 0.25) is 5.28 Å². The number of fused-ring (bicyclic) bond motifs is 3. The molecule has 1 aromatic carbocycles. The standard InChI is InChI=1S/C16H13ClF2N4/c1-8-3-2-4-13-21-15-10(18)5-9(6-12(15)23(8)13)14-11(19)7-20-16(17)22-14/h5-8H,2-4H2,1H3. The monoisotopic (exact) mass is 334 g/mol. The van der Waals surface area contributed by atoms with Crippen LogP contribution >= 0.6 is 11.6 Å². The van der Waals surface area contributed by atoms with Gasteiger partial charge >= 0.3 is 0 Å². The molecule has 1 unspecified atom stereocenters. The second-order valence-electron chi connectivity index (χ2n) is 5.80. The molecule has 23 heavy (non-hydrogen) atoms. The molecular formula is C16H13ClF2N4.